The molecule has 1 amide bonds. The average Bonchev–Trinajstić information content (AvgIpc) is 3.08. The van der Waals surface area contributed by atoms with E-state index in [0.717, 1.165) is 23.2 Å². The van der Waals surface area contributed by atoms with Gasteiger partial charge in [-0.05, 0) is 51.3 Å². The fourth-order valence-corrected chi connectivity index (χ4v) is 3.68. The topological polar surface area (TPSA) is 79.6 Å². The van der Waals surface area contributed by atoms with Crippen LogP contribution in [0.5, 0.6) is 0 Å². The summed E-state index contributed by atoms with van der Waals surface area (Å²) in [5, 5.41) is 11.5. The van der Waals surface area contributed by atoms with Crippen molar-refractivity contribution in [1.82, 2.24) is 9.88 Å². The second-order valence-electron chi connectivity index (χ2n) is 6.38. The molecule has 140 valence electrons. The first-order valence-electron chi connectivity index (χ1n) is 8.52. The van der Waals surface area contributed by atoms with Crippen molar-refractivity contribution in [3.63, 3.8) is 0 Å². The Bertz CT molecular complexity index is 920. The van der Waals surface area contributed by atoms with Crippen molar-refractivity contribution >= 4 is 38.3 Å². The van der Waals surface area contributed by atoms with E-state index >= 15 is 0 Å². The van der Waals surface area contributed by atoms with Crippen LogP contribution in [0.1, 0.15) is 16.8 Å². The molecule has 0 saturated heterocycles. The van der Waals surface area contributed by atoms with E-state index in [9.17, 15) is 14.9 Å². The maximum Gasteiger partial charge on any atom is 0.269 e. The number of benzene rings is 2. The van der Waals surface area contributed by atoms with Crippen LogP contribution >= 0.6 is 11.3 Å². The van der Waals surface area contributed by atoms with E-state index < -0.39 is 4.92 Å². The Morgan fingerprint density at radius 3 is 2.44 bits per heavy atom. The zero-order valence-corrected chi connectivity index (χ0v) is 16.0. The molecule has 27 heavy (non-hydrogen) atoms. The quantitative estimate of drug-likeness (QED) is 0.457. The third-order valence-corrected chi connectivity index (χ3v) is 5.13. The second-order valence-corrected chi connectivity index (χ2v) is 7.39. The van der Waals surface area contributed by atoms with Crippen molar-refractivity contribution in [2.45, 2.75) is 6.42 Å². The van der Waals surface area contributed by atoms with E-state index in [1.165, 1.54) is 35.6 Å². The molecule has 0 radical (unpaired) electrons. The summed E-state index contributed by atoms with van der Waals surface area (Å²) in [6.45, 7) is 1.36. The third-order valence-electron chi connectivity index (χ3n) is 4.07. The molecule has 0 unspecified atom stereocenters. The summed E-state index contributed by atoms with van der Waals surface area (Å²) in [5.74, 6) is -0.206. The van der Waals surface area contributed by atoms with Crippen LogP contribution in [0.4, 0.5) is 10.8 Å². The van der Waals surface area contributed by atoms with Crippen LogP contribution < -0.4 is 4.90 Å². The molecule has 8 heteroatoms. The Morgan fingerprint density at radius 2 is 1.81 bits per heavy atom. The van der Waals surface area contributed by atoms with Crippen LogP contribution in [0.3, 0.4) is 0 Å². The number of hydrogen-bond acceptors (Lipinski definition) is 6. The number of thiazole rings is 1. The molecule has 0 bridgehead atoms. The van der Waals surface area contributed by atoms with Crippen molar-refractivity contribution in [3.05, 3.63) is 64.2 Å². The number of carbonyl (C=O) groups is 1. The van der Waals surface area contributed by atoms with Crippen LogP contribution in [-0.4, -0.2) is 47.9 Å². The van der Waals surface area contributed by atoms with Gasteiger partial charge in [-0.3, -0.25) is 19.8 Å². The number of non-ortho nitro benzene ring substituents is 1. The third kappa shape index (κ3) is 4.47. The van der Waals surface area contributed by atoms with E-state index in [1.54, 1.807) is 4.90 Å². The Kier molecular flexibility index (Phi) is 5.78. The van der Waals surface area contributed by atoms with Gasteiger partial charge >= 0.3 is 0 Å². The Balaban J connectivity index is 1.90. The van der Waals surface area contributed by atoms with Crippen LogP contribution in [0.15, 0.2) is 48.5 Å². The smallest absolute Gasteiger partial charge is 0.269 e. The first-order chi connectivity index (χ1) is 13.0. The summed E-state index contributed by atoms with van der Waals surface area (Å²) in [6, 6.07) is 13.4. The van der Waals surface area contributed by atoms with Crippen molar-refractivity contribution in [1.29, 1.82) is 0 Å². The molecular formula is C19H20N4O3S. The van der Waals surface area contributed by atoms with Crippen molar-refractivity contribution in [3.8, 4) is 0 Å². The summed E-state index contributed by atoms with van der Waals surface area (Å²) in [6.07, 6.45) is 0.793. The summed E-state index contributed by atoms with van der Waals surface area (Å²) in [5.41, 5.74) is 1.22. The zero-order chi connectivity index (χ0) is 19.4. The molecule has 3 aromatic rings. The Hall–Kier alpha value is -2.84. The molecule has 0 saturated carbocycles. The molecule has 1 aromatic heterocycles. The predicted octanol–water partition coefficient (Wildman–Crippen LogP) is 3.80. The van der Waals surface area contributed by atoms with Crippen molar-refractivity contribution < 1.29 is 9.72 Å². The molecular weight excluding hydrogens is 364 g/mol. The number of aromatic nitrogens is 1. The molecule has 0 fully saturated rings. The number of anilines is 1. The van der Waals surface area contributed by atoms with Gasteiger partial charge in [-0.25, -0.2) is 4.98 Å². The number of nitrogens with zero attached hydrogens (tertiary/aromatic N) is 4. The van der Waals surface area contributed by atoms with Gasteiger partial charge in [-0.1, -0.05) is 23.5 Å². The first kappa shape index (κ1) is 18.9. The minimum absolute atomic E-state index is 0.0364. The van der Waals surface area contributed by atoms with Crippen molar-refractivity contribution in [2.75, 3.05) is 32.1 Å². The van der Waals surface area contributed by atoms with Crippen LogP contribution in [-0.2, 0) is 0 Å². The van der Waals surface area contributed by atoms with Gasteiger partial charge in [0.15, 0.2) is 5.13 Å². The molecule has 0 spiro atoms. The molecule has 2 aromatic carbocycles. The van der Waals surface area contributed by atoms with Gasteiger partial charge in [0.05, 0.1) is 15.1 Å². The largest absolute Gasteiger partial charge is 0.309 e. The highest BCUT2D eigenvalue weighted by molar-refractivity contribution is 7.22. The standard InChI is InChI=1S/C19H20N4O3S/c1-21(2)12-5-13-22(19-20-16-6-3-4-7-17(16)27-19)18(24)14-8-10-15(11-9-14)23(25)26/h3-4,6-11H,5,12-13H2,1-2H3. The van der Waals surface area contributed by atoms with E-state index in [2.05, 4.69) is 9.88 Å². The fraction of sp³-hybridized carbons (Fsp3) is 0.263. The SMILES string of the molecule is CN(C)CCCN(C(=O)c1ccc([N+](=O)[O-])cc1)c1nc2ccccc2s1. The summed E-state index contributed by atoms with van der Waals surface area (Å²) >= 11 is 1.47. The molecule has 7 nitrogen and oxygen atoms in total. The lowest BCUT2D eigenvalue weighted by Gasteiger charge is -2.21. The number of fused-ring (bicyclic) bond motifs is 1. The number of rotatable bonds is 7. The number of nitro groups is 1. The lowest BCUT2D eigenvalue weighted by Crippen LogP contribution is -2.33. The highest BCUT2D eigenvalue weighted by Crippen LogP contribution is 2.30. The van der Waals surface area contributed by atoms with Gasteiger partial charge in [-0.15, -0.1) is 0 Å². The van der Waals surface area contributed by atoms with E-state index in [-0.39, 0.29) is 11.6 Å². The summed E-state index contributed by atoms with van der Waals surface area (Å²) < 4.78 is 1.02. The van der Waals surface area contributed by atoms with E-state index in [1.807, 2.05) is 38.4 Å². The molecule has 0 aliphatic rings. The molecule has 0 aliphatic heterocycles. The van der Waals surface area contributed by atoms with E-state index in [0.29, 0.717) is 17.2 Å². The number of nitro benzene ring substituents is 1. The fourth-order valence-electron chi connectivity index (χ4n) is 2.69. The first-order valence-corrected chi connectivity index (χ1v) is 9.34. The number of carbonyl (C=O) groups excluding carboxylic acids is 1. The lowest BCUT2D eigenvalue weighted by atomic mass is 10.2. The average molecular weight is 384 g/mol. The minimum Gasteiger partial charge on any atom is -0.309 e. The van der Waals surface area contributed by atoms with Crippen LogP contribution in [0.2, 0.25) is 0 Å². The van der Waals surface area contributed by atoms with Gasteiger partial charge in [0, 0.05) is 24.2 Å². The number of hydrogen-bond donors (Lipinski definition) is 0. The van der Waals surface area contributed by atoms with Gasteiger partial charge in [0.25, 0.3) is 11.6 Å². The molecule has 0 N–H and O–H groups in total. The number of para-hydroxylation sites is 1. The van der Waals surface area contributed by atoms with Gasteiger partial charge < -0.3 is 4.90 Å². The van der Waals surface area contributed by atoms with Gasteiger partial charge in [0.1, 0.15) is 0 Å². The highest BCUT2D eigenvalue weighted by Gasteiger charge is 2.21. The molecule has 1 heterocycles. The lowest BCUT2D eigenvalue weighted by molar-refractivity contribution is -0.384. The molecule has 0 atom stereocenters. The van der Waals surface area contributed by atoms with E-state index in [4.69, 9.17) is 0 Å². The minimum atomic E-state index is -0.476. The normalized spacial score (nSPS) is 11.1. The maximum absolute atomic E-state index is 13.1. The molecule has 0 aliphatic carbocycles. The van der Waals surface area contributed by atoms with Crippen molar-refractivity contribution in [2.24, 2.45) is 0 Å². The monoisotopic (exact) mass is 384 g/mol. The molecule has 3 rings (SSSR count). The van der Waals surface area contributed by atoms with Crippen LogP contribution in [0.25, 0.3) is 10.2 Å². The Morgan fingerprint density at radius 1 is 1.11 bits per heavy atom. The van der Waals surface area contributed by atoms with Gasteiger partial charge in [0.2, 0.25) is 0 Å². The van der Waals surface area contributed by atoms with Crippen LogP contribution in [0, 0.1) is 10.1 Å². The van der Waals surface area contributed by atoms with Gasteiger partial charge in [-0.2, -0.15) is 0 Å². The second kappa shape index (κ2) is 8.24. The zero-order valence-electron chi connectivity index (χ0n) is 15.2. The predicted molar refractivity (Wildman–Crippen MR) is 108 cm³/mol. The number of amides is 1. The summed E-state index contributed by atoms with van der Waals surface area (Å²) in [7, 11) is 3.97. The maximum atomic E-state index is 13.1. The Labute approximate surface area is 161 Å². The summed E-state index contributed by atoms with van der Waals surface area (Å²) in [4.78, 5) is 31.8. The highest BCUT2D eigenvalue weighted by atomic mass is 32.1.